The van der Waals surface area contributed by atoms with Gasteiger partial charge in [0.2, 0.25) is 5.88 Å². The van der Waals surface area contributed by atoms with E-state index in [-0.39, 0.29) is 5.91 Å². The van der Waals surface area contributed by atoms with E-state index in [0.29, 0.717) is 37.1 Å². The lowest BCUT2D eigenvalue weighted by molar-refractivity contribution is 0.0424. The molecule has 1 aromatic heterocycles. The van der Waals surface area contributed by atoms with Crippen LogP contribution in [0.4, 0.5) is 0 Å². The first-order valence-electron chi connectivity index (χ1n) is 8.66. The van der Waals surface area contributed by atoms with Gasteiger partial charge in [-0.1, -0.05) is 30.3 Å². The molecule has 0 saturated carbocycles. The van der Waals surface area contributed by atoms with Crippen LogP contribution in [0.3, 0.4) is 0 Å². The lowest BCUT2D eigenvalue weighted by Gasteiger charge is -2.32. The van der Waals surface area contributed by atoms with Crippen molar-refractivity contribution in [3.8, 4) is 5.88 Å². The summed E-state index contributed by atoms with van der Waals surface area (Å²) >= 11 is 0. The number of methoxy groups -OCH3 is 1. The number of likely N-dealkylation sites (tertiary alicyclic amines) is 1. The molecule has 0 radical (unpaired) electrons. The Kier molecular flexibility index (Phi) is 5.71. The van der Waals surface area contributed by atoms with E-state index in [0.717, 1.165) is 19.4 Å². The second-order valence-corrected chi connectivity index (χ2v) is 6.49. The molecule has 1 aromatic carbocycles. The third-order valence-corrected chi connectivity index (χ3v) is 4.49. The van der Waals surface area contributed by atoms with Gasteiger partial charge < -0.3 is 14.4 Å². The summed E-state index contributed by atoms with van der Waals surface area (Å²) in [7, 11) is 3.32. The van der Waals surface area contributed by atoms with Crippen molar-refractivity contribution in [2.75, 3.05) is 26.8 Å². The van der Waals surface area contributed by atoms with Crippen molar-refractivity contribution in [2.45, 2.75) is 19.4 Å². The number of hydrogen-bond acceptors (Lipinski definition) is 4. The molecule has 134 valence electrons. The smallest absolute Gasteiger partial charge is 0.260 e. The number of nitrogens with zero attached hydrogens (tertiary/aromatic N) is 3. The second-order valence-electron chi connectivity index (χ2n) is 6.49. The lowest BCUT2D eigenvalue weighted by Crippen LogP contribution is -2.41. The third-order valence-electron chi connectivity index (χ3n) is 4.49. The third kappa shape index (κ3) is 4.39. The molecule has 6 nitrogen and oxygen atoms in total. The highest BCUT2D eigenvalue weighted by molar-refractivity contribution is 5.96. The minimum Gasteiger partial charge on any atom is -0.479 e. The summed E-state index contributed by atoms with van der Waals surface area (Å²) in [6.45, 7) is 2.77. The van der Waals surface area contributed by atoms with Gasteiger partial charge in [0.05, 0.1) is 20.3 Å². The quantitative estimate of drug-likeness (QED) is 0.809. The van der Waals surface area contributed by atoms with E-state index < -0.39 is 0 Å². The van der Waals surface area contributed by atoms with Gasteiger partial charge in [-0.2, -0.15) is 0 Å². The van der Waals surface area contributed by atoms with Crippen LogP contribution in [-0.2, 0) is 18.4 Å². The minimum atomic E-state index is -0.0160. The molecule has 1 aliphatic heterocycles. The Labute approximate surface area is 148 Å². The topological polar surface area (TPSA) is 56.6 Å². The number of carbonyl (C=O) groups is 1. The maximum atomic E-state index is 12.8. The molecule has 25 heavy (non-hydrogen) atoms. The summed E-state index contributed by atoms with van der Waals surface area (Å²) in [4.78, 5) is 14.7. The summed E-state index contributed by atoms with van der Waals surface area (Å²) < 4.78 is 12.7. The van der Waals surface area contributed by atoms with Crippen LogP contribution in [-0.4, -0.2) is 47.4 Å². The highest BCUT2D eigenvalue weighted by Gasteiger charge is 2.27. The van der Waals surface area contributed by atoms with Gasteiger partial charge in [0.15, 0.2) is 0 Å². The van der Waals surface area contributed by atoms with Crippen molar-refractivity contribution in [2.24, 2.45) is 13.0 Å². The molecule has 1 atom stereocenters. The first kappa shape index (κ1) is 17.5. The summed E-state index contributed by atoms with van der Waals surface area (Å²) in [5.41, 5.74) is 1.70. The van der Waals surface area contributed by atoms with Gasteiger partial charge in [-0.15, -0.1) is 5.10 Å². The van der Waals surface area contributed by atoms with Crippen LogP contribution in [0, 0.1) is 5.92 Å². The van der Waals surface area contributed by atoms with E-state index in [2.05, 4.69) is 17.2 Å². The predicted molar refractivity (Wildman–Crippen MR) is 94.5 cm³/mol. The maximum absolute atomic E-state index is 12.8. The van der Waals surface area contributed by atoms with Crippen molar-refractivity contribution < 1.29 is 14.3 Å². The van der Waals surface area contributed by atoms with Gasteiger partial charge in [0, 0.05) is 26.3 Å². The van der Waals surface area contributed by atoms with E-state index in [1.165, 1.54) is 12.7 Å². The van der Waals surface area contributed by atoms with E-state index in [1.54, 1.807) is 17.9 Å². The van der Waals surface area contributed by atoms with Crippen molar-refractivity contribution in [1.82, 2.24) is 14.7 Å². The molecule has 1 saturated heterocycles. The lowest BCUT2D eigenvalue weighted by atomic mass is 9.98. The number of aromatic nitrogens is 2. The highest BCUT2D eigenvalue weighted by atomic mass is 16.5. The predicted octanol–water partition coefficient (Wildman–Crippen LogP) is 2.50. The fourth-order valence-corrected chi connectivity index (χ4v) is 3.24. The number of aryl methyl sites for hydroxylation is 1. The van der Waals surface area contributed by atoms with Crippen LogP contribution >= 0.6 is 0 Å². The molecule has 0 unspecified atom stereocenters. The Morgan fingerprint density at radius 2 is 2.12 bits per heavy atom. The van der Waals surface area contributed by atoms with Crippen LogP contribution in [0.1, 0.15) is 28.8 Å². The molecule has 0 spiro atoms. The molecule has 0 aliphatic carbocycles. The van der Waals surface area contributed by atoms with E-state index in [9.17, 15) is 4.79 Å². The Morgan fingerprint density at radius 1 is 1.32 bits per heavy atom. The van der Waals surface area contributed by atoms with Crippen molar-refractivity contribution >= 4 is 5.91 Å². The van der Waals surface area contributed by atoms with E-state index in [1.807, 2.05) is 23.1 Å². The number of piperidine rings is 1. The largest absolute Gasteiger partial charge is 0.479 e. The van der Waals surface area contributed by atoms with Crippen LogP contribution in [0.5, 0.6) is 5.88 Å². The Balaban J connectivity index is 1.54. The number of rotatable bonds is 6. The van der Waals surface area contributed by atoms with Gasteiger partial charge in [-0.25, -0.2) is 0 Å². The first-order valence-corrected chi connectivity index (χ1v) is 8.66. The molecule has 3 rings (SSSR count). The fraction of sp³-hybridized carbons (Fsp3) is 0.474. The number of amides is 1. The zero-order valence-electron chi connectivity index (χ0n) is 14.9. The van der Waals surface area contributed by atoms with Crippen LogP contribution in [0.2, 0.25) is 0 Å². The Hall–Kier alpha value is -2.34. The molecule has 0 bridgehead atoms. The Bertz CT molecular complexity index is 699. The molecule has 1 aliphatic rings. The van der Waals surface area contributed by atoms with Gasteiger partial charge in [0.1, 0.15) is 5.56 Å². The monoisotopic (exact) mass is 343 g/mol. The summed E-state index contributed by atoms with van der Waals surface area (Å²) in [6, 6.07) is 10.2. The summed E-state index contributed by atoms with van der Waals surface area (Å²) in [5, 5.41) is 4.17. The molecule has 0 N–H and O–H groups in total. The number of benzene rings is 1. The fourth-order valence-electron chi connectivity index (χ4n) is 3.24. The standard InChI is InChI=1S/C19H25N3O3/c1-21-12-17(18(20-21)24-2)19(23)22-10-6-9-16(11-22)14-25-13-15-7-4-3-5-8-15/h3-5,7-8,12,16H,6,9-11,13-14H2,1-2H3/t16-/m0/s1. The zero-order valence-corrected chi connectivity index (χ0v) is 14.9. The summed E-state index contributed by atoms with van der Waals surface area (Å²) in [5.74, 6) is 0.733. The second kappa shape index (κ2) is 8.16. The van der Waals surface area contributed by atoms with Crippen molar-refractivity contribution in [1.29, 1.82) is 0 Å². The average Bonchev–Trinajstić information content (AvgIpc) is 3.03. The van der Waals surface area contributed by atoms with Crippen LogP contribution in [0.15, 0.2) is 36.5 Å². The number of ether oxygens (including phenoxy) is 2. The minimum absolute atomic E-state index is 0.0160. The average molecular weight is 343 g/mol. The molecule has 2 heterocycles. The van der Waals surface area contributed by atoms with Gasteiger partial charge in [0.25, 0.3) is 5.91 Å². The van der Waals surface area contributed by atoms with E-state index in [4.69, 9.17) is 9.47 Å². The van der Waals surface area contributed by atoms with Gasteiger partial charge in [-0.05, 0) is 24.3 Å². The normalized spacial score (nSPS) is 17.5. The molecule has 1 fully saturated rings. The summed E-state index contributed by atoms with van der Waals surface area (Å²) in [6.07, 6.45) is 3.80. The van der Waals surface area contributed by atoms with Crippen molar-refractivity contribution in [3.63, 3.8) is 0 Å². The number of hydrogen-bond donors (Lipinski definition) is 0. The van der Waals surface area contributed by atoms with Gasteiger partial charge >= 0.3 is 0 Å². The molecular weight excluding hydrogens is 318 g/mol. The SMILES string of the molecule is COc1nn(C)cc1C(=O)N1CCC[C@H](COCc2ccccc2)C1. The maximum Gasteiger partial charge on any atom is 0.260 e. The van der Waals surface area contributed by atoms with Crippen LogP contribution < -0.4 is 4.74 Å². The Morgan fingerprint density at radius 3 is 2.88 bits per heavy atom. The highest BCUT2D eigenvalue weighted by Crippen LogP contribution is 2.23. The van der Waals surface area contributed by atoms with E-state index >= 15 is 0 Å². The first-order chi connectivity index (χ1) is 12.2. The number of carbonyl (C=O) groups excluding carboxylic acids is 1. The van der Waals surface area contributed by atoms with Crippen molar-refractivity contribution in [3.05, 3.63) is 47.7 Å². The molecular formula is C19H25N3O3. The van der Waals surface area contributed by atoms with Gasteiger partial charge in [-0.3, -0.25) is 9.48 Å². The molecule has 6 heteroatoms. The zero-order chi connectivity index (χ0) is 17.6. The molecule has 1 amide bonds. The molecule has 2 aromatic rings. The van der Waals surface area contributed by atoms with Crippen LogP contribution in [0.25, 0.3) is 0 Å².